The number of piperidine rings is 1. The summed E-state index contributed by atoms with van der Waals surface area (Å²) in [7, 11) is 0. The second-order valence-corrected chi connectivity index (χ2v) is 7.10. The lowest BCUT2D eigenvalue weighted by atomic mass is 10.1. The number of hydrogen-bond donors (Lipinski definition) is 1. The molecule has 1 amide bonds. The highest BCUT2D eigenvalue weighted by atomic mass is 16.5. The van der Waals surface area contributed by atoms with Crippen LogP contribution in [0.4, 0.5) is 0 Å². The summed E-state index contributed by atoms with van der Waals surface area (Å²) in [6, 6.07) is 14.1. The van der Waals surface area contributed by atoms with Crippen molar-refractivity contribution in [3.8, 4) is 0 Å². The number of aryl methyl sites for hydroxylation is 1. The van der Waals surface area contributed by atoms with Crippen LogP contribution in [0.15, 0.2) is 54.9 Å². The molecule has 4 rings (SSSR count). The molecule has 1 aliphatic rings. The van der Waals surface area contributed by atoms with Crippen LogP contribution < -0.4 is 0 Å². The van der Waals surface area contributed by atoms with Crippen LogP contribution in [0.2, 0.25) is 0 Å². The molecule has 5 heteroatoms. The fourth-order valence-electron chi connectivity index (χ4n) is 3.73. The molecule has 0 unspecified atom stereocenters. The monoisotopic (exact) mass is 363 g/mol. The zero-order valence-corrected chi connectivity index (χ0v) is 15.4. The second kappa shape index (κ2) is 8.35. The molecule has 0 radical (unpaired) electrons. The van der Waals surface area contributed by atoms with Crippen LogP contribution in [0.1, 0.15) is 30.5 Å². The Morgan fingerprint density at radius 1 is 1.22 bits per heavy atom. The van der Waals surface area contributed by atoms with Crippen LogP contribution in [0.5, 0.6) is 0 Å². The van der Waals surface area contributed by atoms with Gasteiger partial charge in [0.05, 0.1) is 18.4 Å². The first-order chi connectivity index (χ1) is 13.3. The summed E-state index contributed by atoms with van der Waals surface area (Å²) >= 11 is 0. The Kier molecular flexibility index (Phi) is 5.49. The van der Waals surface area contributed by atoms with Crippen molar-refractivity contribution in [3.63, 3.8) is 0 Å². The van der Waals surface area contributed by atoms with Crippen LogP contribution in [-0.4, -0.2) is 40.0 Å². The number of likely N-dealkylation sites (tertiary alicyclic amines) is 1. The molecular formula is C22H25N3O2. The van der Waals surface area contributed by atoms with E-state index in [1.807, 2.05) is 41.4 Å². The van der Waals surface area contributed by atoms with Gasteiger partial charge in [0.15, 0.2) is 0 Å². The maximum absolute atomic E-state index is 12.7. The molecule has 2 aromatic heterocycles. The van der Waals surface area contributed by atoms with E-state index in [2.05, 4.69) is 22.1 Å². The van der Waals surface area contributed by atoms with E-state index in [1.54, 1.807) is 6.20 Å². The van der Waals surface area contributed by atoms with Crippen molar-refractivity contribution in [1.82, 2.24) is 14.9 Å². The maximum atomic E-state index is 12.7. The summed E-state index contributed by atoms with van der Waals surface area (Å²) in [5.74, 6) is 0.214. The Morgan fingerprint density at radius 2 is 2.11 bits per heavy atom. The number of nitrogens with zero attached hydrogens (tertiary/aromatic N) is 2. The summed E-state index contributed by atoms with van der Waals surface area (Å²) in [5.41, 5.74) is 3.26. The second-order valence-electron chi connectivity index (χ2n) is 7.10. The Balaban J connectivity index is 1.29. The van der Waals surface area contributed by atoms with Crippen LogP contribution in [0.25, 0.3) is 10.9 Å². The molecule has 1 aromatic carbocycles. The van der Waals surface area contributed by atoms with Crippen molar-refractivity contribution in [2.45, 2.75) is 38.4 Å². The van der Waals surface area contributed by atoms with E-state index in [0.29, 0.717) is 19.6 Å². The molecule has 3 heterocycles. The van der Waals surface area contributed by atoms with Gasteiger partial charge in [0.25, 0.3) is 0 Å². The van der Waals surface area contributed by atoms with Gasteiger partial charge in [-0.15, -0.1) is 0 Å². The molecule has 1 fully saturated rings. The minimum Gasteiger partial charge on any atom is -0.370 e. The molecule has 1 aliphatic heterocycles. The number of H-pyrrole nitrogens is 1. The van der Waals surface area contributed by atoms with Crippen LogP contribution in [0.3, 0.4) is 0 Å². The lowest BCUT2D eigenvalue weighted by Gasteiger charge is -2.32. The zero-order chi connectivity index (χ0) is 18.5. The number of fused-ring (bicyclic) bond motifs is 1. The van der Waals surface area contributed by atoms with Gasteiger partial charge in [0.2, 0.25) is 5.91 Å². The first-order valence-corrected chi connectivity index (χ1v) is 9.64. The smallest absolute Gasteiger partial charge is 0.222 e. The van der Waals surface area contributed by atoms with Crippen molar-refractivity contribution in [2.24, 2.45) is 0 Å². The zero-order valence-electron chi connectivity index (χ0n) is 15.4. The number of hydrogen-bond acceptors (Lipinski definition) is 3. The molecular weight excluding hydrogens is 338 g/mol. The first-order valence-electron chi connectivity index (χ1n) is 9.64. The molecule has 1 N–H and O–H groups in total. The molecule has 1 atom stereocenters. The summed E-state index contributed by atoms with van der Waals surface area (Å²) in [6.07, 6.45) is 7.18. The van der Waals surface area contributed by atoms with E-state index in [9.17, 15) is 4.79 Å². The molecule has 0 aliphatic carbocycles. The Bertz CT molecular complexity index is 891. The molecule has 0 spiro atoms. The van der Waals surface area contributed by atoms with Gasteiger partial charge in [-0.2, -0.15) is 0 Å². The number of para-hydroxylation sites is 1. The molecule has 3 aromatic rings. The summed E-state index contributed by atoms with van der Waals surface area (Å²) in [6.45, 7) is 2.01. The van der Waals surface area contributed by atoms with E-state index in [4.69, 9.17) is 4.74 Å². The van der Waals surface area contributed by atoms with Gasteiger partial charge in [0.1, 0.15) is 0 Å². The molecule has 0 bridgehead atoms. The van der Waals surface area contributed by atoms with Crippen molar-refractivity contribution in [3.05, 3.63) is 66.1 Å². The standard InChI is InChI=1S/C22H25N3O2/c26-22(11-10-17-14-24-21-9-2-1-8-20(17)21)25-13-5-7-19(15-25)27-16-18-6-3-4-12-23-18/h1-4,6,8-9,12,14,19,24H,5,7,10-11,13,15-16H2/t19-/m1/s1. The fraction of sp³-hybridized carbons (Fsp3) is 0.364. The van der Waals surface area contributed by atoms with E-state index < -0.39 is 0 Å². The van der Waals surface area contributed by atoms with Crippen molar-refractivity contribution in [2.75, 3.05) is 13.1 Å². The number of pyridine rings is 1. The van der Waals surface area contributed by atoms with Gasteiger partial charge in [-0.3, -0.25) is 9.78 Å². The lowest BCUT2D eigenvalue weighted by Crippen LogP contribution is -2.43. The number of aromatic nitrogens is 2. The van der Waals surface area contributed by atoms with Gasteiger partial charge in [-0.05, 0) is 43.0 Å². The minimum atomic E-state index is 0.0952. The van der Waals surface area contributed by atoms with E-state index in [-0.39, 0.29) is 12.0 Å². The maximum Gasteiger partial charge on any atom is 0.222 e. The SMILES string of the molecule is O=C(CCc1c[nH]c2ccccc12)N1CCC[C@@H](OCc2ccccn2)C1. The quantitative estimate of drug-likeness (QED) is 0.726. The number of carbonyl (C=O) groups is 1. The van der Waals surface area contributed by atoms with E-state index in [1.165, 1.54) is 10.9 Å². The number of carbonyl (C=O) groups excluding carboxylic acids is 1. The minimum absolute atomic E-state index is 0.0952. The van der Waals surface area contributed by atoms with Crippen molar-refractivity contribution in [1.29, 1.82) is 0 Å². The predicted octanol–water partition coefficient (Wildman–Crippen LogP) is 3.70. The van der Waals surface area contributed by atoms with Crippen molar-refractivity contribution >= 4 is 16.8 Å². The van der Waals surface area contributed by atoms with Crippen LogP contribution in [0, 0.1) is 0 Å². The molecule has 27 heavy (non-hydrogen) atoms. The fourth-order valence-corrected chi connectivity index (χ4v) is 3.73. The molecule has 0 saturated carbocycles. The normalized spacial score (nSPS) is 17.3. The highest BCUT2D eigenvalue weighted by Gasteiger charge is 2.24. The third kappa shape index (κ3) is 4.37. The average Bonchev–Trinajstić information content (AvgIpc) is 3.15. The highest BCUT2D eigenvalue weighted by Crippen LogP contribution is 2.20. The number of aromatic amines is 1. The average molecular weight is 363 g/mol. The van der Waals surface area contributed by atoms with Gasteiger partial charge < -0.3 is 14.6 Å². The number of rotatable bonds is 6. The largest absolute Gasteiger partial charge is 0.370 e. The molecule has 5 nitrogen and oxygen atoms in total. The van der Waals surface area contributed by atoms with Gasteiger partial charge in [0, 0.05) is 42.8 Å². The molecule has 1 saturated heterocycles. The Morgan fingerprint density at radius 3 is 3.00 bits per heavy atom. The van der Waals surface area contributed by atoms with Gasteiger partial charge >= 0.3 is 0 Å². The van der Waals surface area contributed by atoms with E-state index in [0.717, 1.165) is 37.0 Å². The van der Waals surface area contributed by atoms with Gasteiger partial charge in [-0.1, -0.05) is 24.3 Å². The third-order valence-electron chi connectivity index (χ3n) is 5.21. The third-order valence-corrected chi connectivity index (χ3v) is 5.21. The topological polar surface area (TPSA) is 58.2 Å². The summed E-state index contributed by atoms with van der Waals surface area (Å²) < 4.78 is 6.00. The summed E-state index contributed by atoms with van der Waals surface area (Å²) in [4.78, 5) is 22.2. The predicted molar refractivity (Wildman–Crippen MR) is 105 cm³/mol. The lowest BCUT2D eigenvalue weighted by molar-refractivity contribution is -0.135. The summed E-state index contributed by atoms with van der Waals surface area (Å²) in [5, 5.41) is 1.21. The Hall–Kier alpha value is -2.66. The van der Waals surface area contributed by atoms with Crippen molar-refractivity contribution < 1.29 is 9.53 Å². The number of amides is 1. The molecule has 140 valence electrons. The van der Waals surface area contributed by atoms with Crippen LogP contribution >= 0.6 is 0 Å². The number of benzene rings is 1. The number of nitrogens with one attached hydrogen (secondary N) is 1. The van der Waals surface area contributed by atoms with Gasteiger partial charge in [-0.25, -0.2) is 0 Å². The van der Waals surface area contributed by atoms with Crippen LogP contribution in [-0.2, 0) is 22.6 Å². The highest BCUT2D eigenvalue weighted by molar-refractivity contribution is 5.84. The Labute approximate surface area is 159 Å². The van der Waals surface area contributed by atoms with E-state index >= 15 is 0 Å². The number of ether oxygens (including phenoxy) is 1. The first kappa shape index (κ1) is 17.7.